The first-order valence-electron chi connectivity index (χ1n) is 6.71. The molecule has 0 radical (unpaired) electrons. The van der Waals surface area contributed by atoms with Gasteiger partial charge < -0.3 is 4.90 Å². The molecule has 0 unspecified atom stereocenters. The first kappa shape index (κ1) is 16.5. The normalized spacial score (nSPS) is 10.5. The van der Waals surface area contributed by atoms with Crippen molar-refractivity contribution in [2.45, 2.75) is 20.4 Å². The van der Waals surface area contributed by atoms with E-state index in [1.807, 2.05) is 13.0 Å². The molecule has 0 saturated carbocycles. The monoisotopic (exact) mass is 338 g/mol. The van der Waals surface area contributed by atoms with Crippen LogP contribution in [0.1, 0.15) is 27.7 Å². The molecule has 0 aliphatic carbocycles. The van der Waals surface area contributed by atoms with Gasteiger partial charge in [0.1, 0.15) is 0 Å². The highest BCUT2D eigenvalue weighted by Gasteiger charge is 2.19. The Balaban J connectivity index is 2.24. The molecule has 5 nitrogen and oxygen atoms in total. The summed E-state index contributed by atoms with van der Waals surface area (Å²) in [6, 6.07) is 8.22. The van der Waals surface area contributed by atoms with Crippen LogP contribution in [0.4, 0.5) is 5.69 Å². The van der Waals surface area contributed by atoms with Gasteiger partial charge in [-0.25, -0.2) is 0 Å². The Morgan fingerprint density at radius 1 is 1.36 bits per heavy atom. The van der Waals surface area contributed by atoms with E-state index in [2.05, 4.69) is 0 Å². The molecule has 1 aromatic carbocycles. The number of carbonyl (C=O) groups is 1. The molecular formula is C15H15ClN2O3S. The summed E-state index contributed by atoms with van der Waals surface area (Å²) in [4.78, 5) is 25.7. The second-order valence-corrected chi connectivity index (χ2v) is 6.58. The van der Waals surface area contributed by atoms with Crippen molar-refractivity contribution in [2.75, 3.05) is 6.54 Å². The number of rotatable bonds is 5. The lowest BCUT2D eigenvalue weighted by molar-refractivity contribution is -0.385. The average Bonchev–Trinajstić information content (AvgIpc) is 2.89. The molecule has 22 heavy (non-hydrogen) atoms. The highest BCUT2D eigenvalue weighted by molar-refractivity contribution is 7.16. The highest BCUT2D eigenvalue weighted by Crippen LogP contribution is 2.24. The summed E-state index contributed by atoms with van der Waals surface area (Å²) in [5.74, 6) is -0.227. The van der Waals surface area contributed by atoms with Gasteiger partial charge in [0.05, 0.1) is 15.8 Å². The van der Waals surface area contributed by atoms with Gasteiger partial charge in [-0.2, -0.15) is 0 Å². The topological polar surface area (TPSA) is 63.5 Å². The van der Waals surface area contributed by atoms with E-state index in [1.54, 1.807) is 30.0 Å². The number of nitro groups is 1. The average molecular weight is 339 g/mol. The Labute approximate surface area is 137 Å². The SMILES string of the molecule is CCN(Cc1ccc(Cl)s1)C(=O)c1ccc(C)c([N+](=O)[O-])c1. The predicted octanol–water partition coefficient (Wildman–Crippen LogP) is 4.28. The second kappa shape index (κ2) is 6.89. The molecule has 116 valence electrons. The summed E-state index contributed by atoms with van der Waals surface area (Å²) >= 11 is 7.31. The van der Waals surface area contributed by atoms with Crippen LogP contribution < -0.4 is 0 Å². The zero-order chi connectivity index (χ0) is 16.3. The number of carbonyl (C=O) groups excluding carboxylic acids is 1. The van der Waals surface area contributed by atoms with Gasteiger partial charge in [-0.05, 0) is 32.0 Å². The van der Waals surface area contributed by atoms with Crippen molar-refractivity contribution in [1.29, 1.82) is 0 Å². The fourth-order valence-electron chi connectivity index (χ4n) is 2.07. The molecule has 0 aliphatic heterocycles. The molecule has 0 saturated heterocycles. The number of nitrogens with zero attached hydrogens (tertiary/aromatic N) is 2. The number of halogens is 1. The number of hydrogen-bond donors (Lipinski definition) is 0. The van der Waals surface area contributed by atoms with Gasteiger partial charge in [0, 0.05) is 28.6 Å². The van der Waals surface area contributed by atoms with E-state index in [0.29, 0.717) is 28.6 Å². The molecular weight excluding hydrogens is 324 g/mol. The fourth-order valence-corrected chi connectivity index (χ4v) is 3.18. The lowest BCUT2D eigenvalue weighted by Crippen LogP contribution is -2.30. The van der Waals surface area contributed by atoms with E-state index in [0.717, 1.165) is 4.88 Å². The number of amides is 1. The summed E-state index contributed by atoms with van der Waals surface area (Å²) in [6.07, 6.45) is 0. The van der Waals surface area contributed by atoms with Crippen molar-refractivity contribution in [3.8, 4) is 0 Å². The van der Waals surface area contributed by atoms with Crippen LogP contribution in [0.2, 0.25) is 4.34 Å². The molecule has 0 bridgehead atoms. The van der Waals surface area contributed by atoms with Crippen LogP contribution in [0.25, 0.3) is 0 Å². The van der Waals surface area contributed by atoms with Crippen molar-refractivity contribution in [3.05, 3.63) is 60.8 Å². The number of hydrogen-bond acceptors (Lipinski definition) is 4. The number of thiophene rings is 1. The molecule has 2 aromatic rings. The minimum absolute atomic E-state index is 0.0407. The van der Waals surface area contributed by atoms with Crippen LogP contribution in [0.5, 0.6) is 0 Å². The summed E-state index contributed by atoms with van der Waals surface area (Å²) < 4.78 is 0.671. The first-order valence-corrected chi connectivity index (χ1v) is 7.90. The fraction of sp³-hybridized carbons (Fsp3) is 0.267. The molecule has 0 aliphatic rings. The minimum atomic E-state index is -0.471. The van der Waals surface area contributed by atoms with Crippen molar-refractivity contribution in [1.82, 2.24) is 4.90 Å². The zero-order valence-corrected chi connectivity index (χ0v) is 13.8. The molecule has 0 atom stereocenters. The Morgan fingerprint density at radius 3 is 2.64 bits per heavy atom. The van der Waals surface area contributed by atoms with Crippen LogP contribution in [0, 0.1) is 17.0 Å². The van der Waals surface area contributed by atoms with Crippen LogP contribution in [0.15, 0.2) is 30.3 Å². The third-order valence-corrected chi connectivity index (χ3v) is 4.51. The maximum Gasteiger partial charge on any atom is 0.273 e. The third kappa shape index (κ3) is 3.64. The maximum atomic E-state index is 12.5. The Kier molecular flexibility index (Phi) is 5.15. The Morgan fingerprint density at radius 2 is 2.09 bits per heavy atom. The quantitative estimate of drug-likeness (QED) is 0.603. The Bertz CT molecular complexity index is 715. The minimum Gasteiger partial charge on any atom is -0.334 e. The lowest BCUT2D eigenvalue weighted by Gasteiger charge is -2.20. The molecule has 1 aromatic heterocycles. The third-order valence-electron chi connectivity index (χ3n) is 3.30. The van der Waals surface area contributed by atoms with E-state index >= 15 is 0 Å². The first-order chi connectivity index (χ1) is 10.4. The summed E-state index contributed by atoms with van der Waals surface area (Å²) in [5, 5.41) is 11.0. The van der Waals surface area contributed by atoms with Crippen LogP contribution in [-0.4, -0.2) is 22.3 Å². The number of benzene rings is 1. The summed E-state index contributed by atoms with van der Waals surface area (Å²) in [7, 11) is 0. The smallest absolute Gasteiger partial charge is 0.273 e. The van der Waals surface area contributed by atoms with E-state index in [-0.39, 0.29) is 11.6 Å². The highest BCUT2D eigenvalue weighted by atomic mass is 35.5. The number of aryl methyl sites for hydroxylation is 1. The maximum absolute atomic E-state index is 12.5. The van der Waals surface area contributed by atoms with E-state index in [9.17, 15) is 14.9 Å². The largest absolute Gasteiger partial charge is 0.334 e. The molecule has 0 spiro atoms. The van der Waals surface area contributed by atoms with Gasteiger partial charge in [-0.3, -0.25) is 14.9 Å². The number of nitro benzene ring substituents is 1. The second-order valence-electron chi connectivity index (χ2n) is 4.78. The van der Waals surface area contributed by atoms with Crippen molar-refractivity contribution >= 4 is 34.5 Å². The molecule has 7 heteroatoms. The van der Waals surface area contributed by atoms with Crippen LogP contribution in [0.3, 0.4) is 0 Å². The van der Waals surface area contributed by atoms with Crippen LogP contribution in [-0.2, 0) is 6.54 Å². The van der Waals surface area contributed by atoms with Crippen molar-refractivity contribution < 1.29 is 9.72 Å². The molecule has 0 fully saturated rings. The van der Waals surface area contributed by atoms with Gasteiger partial charge in [0.15, 0.2) is 0 Å². The summed E-state index contributed by atoms with van der Waals surface area (Å²) in [6.45, 7) is 4.47. The van der Waals surface area contributed by atoms with E-state index in [4.69, 9.17) is 11.6 Å². The standard InChI is InChI=1S/C15H15ClN2O3S/c1-3-17(9-12-6-7-14(16)22-12)15(19)11-5-4-10(2)13(8-11)18(20)21/h4-8H,3,9H2,1-2H3. The lowest BCUT2D eigenvalue weighted by atomic mass is 10.1. The van der Waals surface area contributed by atoms with Gasteiger partial charge >= 0.3 is 0 Å². The van der Waals surface area contributed by atoms with Gasteiger partial charge in [0.25, 0.3) is 11.6 Å². The molecule has 0 N–H and O–H groups in total. The van der Waals surface area contributed by atoms with E-state index < -0.39 is 4.92 Å². The van der Waals surface area contributed by atoms with Gasteiger partial charge in [-0.1, -0.05) is 17.7 Å². The van der Waals surface area contributed by atoms with Crippen molar-refractivity contribution in [3.63, 3.8) is 0 Å². The zero-order valence-electron chi connectivity index (χ0n) is 12.2. The van der Waals surface area contributed by atoms with Gasteiger partial charge in [0.2, 0.25) is 0 Å². The molecule has 1 amide bonds. The van der Waals surface area contributed by atoms with E-state index in [1.165, 1.54) is 17.4 Å². The molecule has 2 rings (SSSR count). The predicted molar refractivity (Wildman–Crippen MR) is 87.6 cm³/mol. The van der Waals surface area contributed by atoms with Crippen LogP contribution >= 0.6 is 22.9 Å². The Hall–Kier alpha value is -1.92. The van der Waals surface area contributed by atoms with Gasteiger partial charge in [-0.15, -0.1) is 11.3 Å². The van der Waals surface area contributed by atoms with Crippen molar-refractivity contribution in [2.24, 2.45) is 0 Å². The molecule has 1 heterocycles. The summed E-state index contributed by atoms with van der Waals surface area (Å²) in [5.41, 5.74) is 0.817.